The van der Waals surface area contributed by atoms with Crippen molar-refractivity contribution in [3.63, 3.8) is 0 Å². The van der Waals surface area contributed by atoms with Gasteiger partial charge in [0.1, 0.15) is 0 Å². The molecule has 0 atom stereocenters. The van der Waals surface area contributed by atoms with E-state index in [-0.39, 0.29) is 5.15 Å². The quantitative estimate of drug-likeness (QED) is 0.417. The predicted octanol–water partition coefficient (Wildman–Crippen LogP) is 0.985. The van der Waals surface area contributed by atoms with Crippen molar-refractivity contribution in [2.45, 2.75) is 13.8 Å². The summed E-state index contributed by atoms with van der Waals surface area (Å²) in [7, 11) is 0. The summed E-state index contributed by atoms with van der Waals surface area (Å²) in [5.41, 5.74) is 1.44. The summed E-state index contributed by atoms with van der Waals surface area (Å²) in [6.07, 6.45) is 0. The summed E-state index contributed by atoms with van der Waals surface area (Å²) in [5, 5.41) is 14.5. The molecule has 0 spiro atoms. The van der Waals surface area contributed by atoms with Crippen LogP contribution in [0, 0.1) is 19.1 Å². The molecule has 1 aromatic rings. The zero-order valence-corrected chi connectivity index (χ0v) is 6.51. The first-order valence-corrected chi connectivity index (χ1v) is 3.22. The summed E-state index contributed by atoms with van der Waals surface area (Å²) in [5.74, 6) is 0. The van der Waals surface area contributed by atoms with Gasteiger partial charge in [0.25, 0.3) is 0 Å². The molecule has 10 heavy (non-hydrogen) atoms. The molecule has 0 bridgehead atoms. The third-order valence-electron chi connectivity index (χ3n) is 1.38. The van der Waals surface area contributed by atoms with Gasteiger partial charge in [-0.3, -0.25) is 0 Å². The van der Waals surface area contributed by atoms with Crippen LogP contribution in [0.3, 0.4) is 0 Å². The second-order valence-corrected chi connectivity index (χ2v) is 2.50. The van der Waals surface area contributed by atoms with Gasteiger partial charge in [-0.2, -0.15) is 0 Å². The highest BCUT2D eigenvalue weighted by Gasteiger charge is 2.05. The molecule has 0 saturated carbocycles. The maximum atomic E-state index is 10.8. The third-order valence-corrected chi connectivity index (χ3v) is 1.56. The van der Waals surface area contributed by atoms with Crippen molar-refractivity contribution in [1.29, 1.82) is 0 Å². The molecular formula is C6H7ClN2O. The Morgan fingerprint density at radius 3 is 2.70 bits per heavy atom. The lowest BCUT2D eigenvalue weighted by molar-refractivity contribution is -0.675. The van der Waals surface area contributed by atoms with E-state index in [1.54, 1.807) is 13.0 Å². The van der Waals surface area contributed by atoms with E-state index in [0.29, 0.717) is 10.5 Å². The monoisotopic (exact) mass is 158 g/mol. The van der Waals surface area contributed by atoms with Gasteiger partial charge in [0.15, 0.2) is 5.15 Å². The number of halogens is 1. The molecule has 0 N–H and O–H groups in total. The summed E-state index contributed by atoms with van der Waals surface area (Å²) in [6, 6.07) is 1.66. The van der Waals surface area contributed by atoms with E-state index in [9.17, 15) is 5.21 Å². The highest BCUT2D eigenvalue weighted by atomic mass is 35.5. The molecule has 0 aliphatic heterocycles. The van der Waals surface area contributed by atoms with Gasteiger partial charge in [0.2, 0.25) is 5.69 Å². The Morgan fingerprint density at radius 1 is 1.60 bits per heavy atom. The standard InChI is InChI=1S/C6H7ClN2O/c1-4-3-6(7)8-9(10)5(4)2/h3H,1-2H3. The first kappa shape index (κ1) is 7.28. The summed E-state index contributed by atoms with van der Waals surface area (Å²) in [4.78, 5) is 0.525. The number of nitrogens with zero attached hydrogens (tertiary/aromatic N) is 2. The molecule has 0 aliphatic rings. The lowest BCUT2D eigenvalue weighted by atomic mass is 10.3. The van der Waals surface area contributed by atoms with Crippen molar-refractivity contribution in [3.8, 4) is 0 Å². The fraction of sp³-hybridized carbons (Fsp3) is 0.333. The number of rotatable bonds is 0. The minimum Gasteiger partial charge on any atom is -0.594 e. The smallest absolute Gasteiger partial charge is 0.221 e. The largest absolute Gasteiger partial charge is 0.594 e. The SMILES string of the molecule is Cc1cc(Cl)n[n+]([O-])c1C. The van der Waals surface area contributed by atoms with Gasteiger partial charge in [0, 0.05) is 17.6 Å². The minimum atomic E-state index is 0.234. The zero-order valence-electron chi connectivity index (χ0n) is 5.76. The van der Waals surface area contributed by atoms with Crippen molar-refractivity contribution in [2.24, 2.45) is 0 Å². The van der Waals surface area contributed by atoms with Gasteiger partial charge in [-0.1, -0.05) is 16.4 Å². The Bertz CT molecular complexity index is 239. The number of hydrogen-bond acceptors (Lipinski definition) is 2. The van der Waals surface area contributed by atoms with Crippen LogP contribution in [0.1, 0.15) is 11.3 Å². The maximum Gasteiger partial charge on any atom is 0.221 e. The molecule has 3 nitrogen and oxygen atoms in total. The van der Waals surface area contributed by atoms with Gasteiger partial charge in [-0.05, 0) is 13.0 Å². The summed E-state index contributed by atoms with van der Waals surface area (Å²) < 4.78 is 0. The van der Waals surface area contributed by atoms with Crippen LogP contribution in [-0.4, -0.2) is 5.10 Å². The Hall–Kier alpha value is -0.830. The van der Waals surface area contributed by atoms with Crippen LogP contribution in [0.4, 0.5) is 0 Å². The van der Waals surface area contributed by atoms with Gasteiger partial charge in [0.05, 0.1) is 0 Å². The highest BCUT2D eigenvalue weighted by molar-refractivity contribution is 6.29. The Labute approximate surface area is 63.8 Å². The molecule has 1 heterocycles. The minimum absolute atomic E-state index is 0.234. The van der Waals surface area contributed by atoms with Crippen molar-refractivity contribution in [2.75, 3.05) is 0 Å². The molecule has 0 aromatic carbocycles. The highest BCUT2D eigenvalue weighted by Crippen LogP contribution is 2.05. The number of aromatic nitrogens is 2. The second kappa shape index (κ2) is 2.42. The van der Waals surface area contributed by atoms with Crippen molar-refractivity contribution in [1.82, 2.24) is 5.10 Å². The van der Waals surface area contributed by atoms with Crippen LogP contribution < -0.4 is 4.85 Å². The molecule has 0 amide bonds. The predicted molar refractivity (Wildman–Crippen MR) is 37.7 cm³/mol. The lowest BCUT2D eigenvalue weighted by Crippen LogP contribution is -2.35. The van der Waals surface area contributed by atoms with Gasteiger partial charge >= 0.3 is 0 Å². The normalized spacial score (nSPS) is 9.90. The second-order valence-electron chi connectivity index (χ2n) is 2.11. The molecule has 1 aromatic heterocycles. The van der Waals surface area contributed by atoms with Crippen molar-refractivity contribution in [3.05, 3.63) is 27.7 Å². The number of aryl methyl sites for hydroxylation is 1. The average molecular weight is 159 g/mol. The summed E-state index contributed by atoms with van der Waals surface area (Å²) in [6.45, 7) is 3.52. The molecule has 0 fully saturated rings. The van der Waals surface area contributed by atoms with Gasteiger partial charge in [-0.25, -0.2) is 0 Å². The molecule has 0 saturated heterocycles. The third kappa shape index (κ3) is 1.19. The zero-order chi connectivity index (χ0) is 7.72. The van der Waals surface area contributed by atoms with Crippen LogP contribution >= 0.6 is 11.6 Å². The Balaban J connectivity index is 3.31. The molecule has 1 rings (SSSR count). The van der Waals surface area contributed by atoms with E-state index in [2.05, 4.69) is 5.10 Å². The maximum absolute atomic E-state index is 10.8. The first-order chi connectivity index (χ1) is 4.61. The van der Waals surface area contributed by atoms with E-state index in [1.165, 1.54) is 0 Å². The van der Waals surface area contributed by atoms with Gasteiger partial charge < -0.3 is 5.21 Å². The van der Waals surface area contributed by atoms with E-state index < -0.39 is 0 Å². The van der Waals surface area contributed by atoms with Crippen molar-refractivity contribution < 1.29 is 4.85 Å². The molecule has 0 radical (unpaired) electrons. The molecule has 4 heteroatoms. The van der Waals surface area contributed by atoms with Gasteiger partial charge in [-0.15, -0.1) is 0 Å². The van der Waals surface area contributed by atoms with Crippen LogP contribution in [0.5, 0.6) is 0 Å². The Morgan fingerprint density at radius 2 is 2.20 bits per heavy atom. The first-order valence-electron chi connectivity index (χ1n) is 2.85. The topological polar surface area (TPSA) is 39.8 Å². The van der Waals surface area contributed by atoms with E-state index >= 15 is 0 Å². The van der Waals surface area contributed by atoms with Crippen LogP contribution in [-0.2, 0) is 0 Å². The fourth-order valence-corrected chi connectivity index (χ4v) is 0.857. The molecule has 0 aliphatic carbocycles. The average Bonchev–Trinajstić information content (AvgIpc) is 1.82. The molecule has 54 valence electrons. The summed E-state index contributed by atoms with van der Waals surface area (Å²) >= 11 is 5.49. The van der Waals surface area contributed by atoms with E-state index in [1.807, 2.05) is 6.92 Å². The fourth-order valence-electron chi connectivity index (χ4n) is 0.625. The van der Waals surface area contributed by atoms with Crippen LogP contribution in [0.15, 0.2) is 6.07 Å². The van der Waals surface area contributed by atoms with Crippen LogP contribution in [0.25, 0.3) is 0 Å². The molecule has 0 unspecified atom stereocenters. The van der Waals surface area contributed by atoms with E-state index in [0.717, 1.165) is 5.56 Å². The van der Waals surface area contributed by atoms with E-state index in [4.69, 9.17) is 11.6 Å². The van der Waals surface area contributed by atoms with Crippen molar-refractivity contribution >= 4 is 11.6 Å². The molecular weight excluding hydrogens is 152 g/mol. The lowest BCUT2D eigenvalue weighted by Gasteiger charge is -1.99. The van der Waals surface area contributed by atoms with Crippen LogP contribution in [0.2, 0.25) is 5.15 Å². The Kier molecular flexibility index (Phi) is 1.76. The number of hydrogen-bond donors (Lipinski definition) is 0.